The van der Waals surface area contributed by atoms with Crippen LogP contribution in [0.1, 0.15) is 59.3 Å². The highest BCUT2D eigenvalue weighted by molar-refractivity contribution is 6.05. The molecule has 0 fully saturated rings. The molecule has 2 aliphatic heterocycles. The summed E-state index contributed by atoms with van der Waals surface area (Å²) in [6.07, 6.45) is -7.27. The van der Waals surface area contributed by atoms with E-state index >= 15 is 9.59 Å². The number of halogens is 6. The highest BCUT2D eigenvalue weighted by Gasteiger charge is 2.49. The smallest absolute Gasteiger partial charge is 0.416 e. The molecule has 2 atom stereocenters. The summed E-state index contributed by atoms with van der Waals surface area (Å²) in [5.74, 6) is -2.12. The number of urea groups is 2. The number of nitriles is 2. The van der Waals surface area contributed by atoms with E-state index in [4.69, 9.17) is 9.47 Å². The van der Waals surface area contributed by atoms with E-state index in [-0.39, 0.29) is 69.4 Å². The lowest BCUT2D eigenvalue weighted by Gasteiger charge is -2.48. The van der Waals surface area contributed by atoms with Gasteiger partial charge in [0, 0.05) is 11.4 Å². The zero-order valence-electron chi connectivity index (χ0n) is 34.5. The molecule has 0 saturated carbocycles. The Labute approximate surface area is 368 Å². The number of carbonyl (C=O) groups excluding carboxylic acids is 4. The minimum atomic E-state index is -4.88. The first-order valence-electron chi connectivity index (χ1n) is 19.4. The maximum atomic E-state index is 15.3. The lowest BCUT2D eigenvalue weighted by Crippen LogP contribution is -2.59. The Morgan fingerprint density at radius 2 is 0.985 bits per heavy atom. The number of ether oxygens (including phenoxy) is 2. The molecule has 0 unspecified atom stereocenters. The number of hydrogen-bond acceptors (Lipinski definition) is 8. The molecule has 2 heterocycles. The first kappa shape index (κ1) is 46.4. The number of nitrogens with zero attached hydrogens (tertiary/aromatic N) is 6. The maximum Gasteiger partial charge on any atom is 0.416 e. The van der Waals surface area contributed by atoms with Crippen LogP contribution in [0.3, 0.4) is 0 Å². The van der Waals surface area contributed by atoms with Gasteiger partial charge < -0.3 is 9.47 Å². The van der Waals surface area contributed by atoms with Crippen LogP contribution in [0.4, 0.5) is 47.3 Å². The zero-order chi connectivity index (χ0) is 47.4. The second-order valence-electron chi connectivity index (χ2n) is 14.5. The Morgan fingerprint density at radius 3 is 1.29 bits per heavy atom. The molecule has 65 heavy (non-hydrogen) atoms. The van der Waals surface area contributed by atoms with Crippen molar-refractivity contribution in [2.24, 2.45) is 0 Å². The number of benzene rings is 4. The van der Waals surface area contributed by atoms with Gasteiger partial charge in [0.15, 0.2) is 0 Å². The second-order valence-corrected chi connectivity index (χ2v) is 14.5. The van der Waals surface area contributed by atoms with Crippen LogP contribution in [0, 0.1) is 22.7 Å². The Kier molecular flexibility index (Phi) is 13.3. The highest BCUT2D eigenvalue weighted by Crippen LogP contribution is 2.46. The van der Waals surface area contributed by atoms with Gasteiger partial charge in [-0.1, -0.05) is 61.7 Å². The van der Waals surface area contributed by atoms with Crippen molar-refractivity contribution in [2.45, 2.75) is 38.3 Å². The monoisotopic (exact) mass is 894 g/mol. The third-order valence-corrected chi connectivity index (χ3v) is 10.5. The summed E-state index contributed by atoms with van der Waals surface area (Å²) in [6, 6.07) is 17.1. The van der Waals surface area contributed by atoms with Crippen LogP contribution in [-0.4, -0.2) is 53.7 Å². The van der Waals surface area contributed by atoms with Gasteiger partial charge in [-0.15, -0.1) is 0 Å². The van der Waals surface area contributed by atoms with Gasteiger partial charge in [0.1, 0.15) is 19.9 Å². The molecule has 0 saturated heterocycles. The van der Waals surface area contributed by atoms with Crippen molar-refractivity contribution < 1.29 is 55.0 Å². The third kappa shape index (κ3) is 9.33. The fraction of sp³-hybridized carbons (Fsp3) is 0.191. The first-order valence-corrected chi connectivity index (χ1v) is 19.4. The molecular weight excluding hydrogens is 859 g/mol. The van der Waals surface area contributed by atoms with Crippen molar-refractivity contribution in [3.05, 3.63) is 178 Å². The number of rotatable bonds is 12. The van der Waals surface area contributed by atoms with Crippen molar-refractivity contribution in [3.63, 3.8) is 0 Å². The number of hydrogen-bond donors (Lipinski definition) is 0. The Bertz CT molecular complexity index is 2530. The lowest BCUT2D eigenvalue weighted by molar-refractivity contribution is -0.139. The summed E-state index contributed by atoms with van der Waals surface area (Å²) in [5.41, 5.74) is -3.37. The maximum absolute atomic E-state index is 15.3. The molecule has 0 aliphatic carbocycles. The molecule has 2 aliphatic rings. The quantitative estimate of drug-likeness (QED) is 0.0776. The van der Waals surface area contributed by atoms with Gasteiger partial charge in [0.25, 0.3) is 0 Å². The van der Waals surface area contributed by atoms with Gasteiger partial charge in [-0.3, -0.25) is 19.6 Å². The topological polar surface area (TPSA) is 147 Å². The van der Waals surface area contributed by atoms with Crippen molar-refractivity contribution in [1.29, 1.82) is 10.5 Å². The van der Waals surface area contributed by atoms with E-state index in [0.717, 1.165) is 43.9 Å². The van der Waals surface area contributed by atoms with Gasteiger partial charge >= 0.3 is 36.4 Å². The van der Waals surface area contributed by atoms with Crippen LogP contribution in [0.15, 0.2) is 145 Å². The standard InChI is InChI=1S/C47H36F6N6O6/c1-5-21-64-42(60)38-28(3)58(36-11-7-9-34(23-36)46(48,49)50)44(62)56(40(38)32-17-13-30(25-54)14-18-32)27-57-41(33-19-15-31(26-55)16-20-33)39(43(61)65-22-6-2)29(4)59(45(57)63)37-12-8-10-35(24-37)47(51,52)53/h5-20,23-24,40-41H,1-2,21-22,27H2,3-4H3/t40-,41-/m1/s1. The summed E-state index contributed by atoms with van der Waals surface area (Å²) < 4.78 is 96.0. The van der Waals surface area contributed by atoms with Gasteiger partial charge in [0.2, 0.25) is 0 Å². The number of amides is 4. The van der Waals surface area contributed by atoms with Crippen molar-refractivity contribution in [2.75, 3.05) is 29.7 Å². The number of carbonyl (C=O) groups is 4. The Balaban J connectivity index is 1.67. The summed E-state index contributed by atoms with van der Waals surface area (Å²) in [5, 5.41) is 19.2. The highest BCUT2D eigenvalue weighted by atomic mass is 19.4. The van der Waals surface area contributed by atoms with Crippen LogP contribution in [0.2, 0.25) is 0 Å². The molecule has 332 valence electrons. The van der Waals surface area contributed by atoms with Crippen molar-refractivity contribution in [1.82, 2.24) is 9.80 Å². The van der Waals surface area contributed by atoms with Crippen molar-refractivity contribution >= 4 is 35.4 Å². The van der Waals surface area contributed by atoms with Crippen LogP contribution in [0.5, 0.6) is 0 Å². The fourth-order valence-corrected chi connectivity index (χ4v) is 7.53. The van der Waals surface area contributed by atoms with E-state index < -0.39 is 66.2 Å². The predicted molar refractivity (Wildman–Crippen MR) is 223 cm³/mol. The van der Waals surface area contributed by atoms with Gasteiger partial charge in [-0.2, -0.15) is 36.9 Å². The first-order chi connectivity index (χ1) is 30.9. The predicted octanol–water partition coefficient (Wildman–Crippen LogP) is 10.1. The van der Waals surface area contributed by atoms with Crippen LogP contribution >= 0.6 is 0 Å². The molecular formula is C47H36F6N6O6. The second kappa shape index (κ2) is 18.7. The van der Waals surface area contributed by atoms with Gasteiger partial charge in [-0.25, -0.2) is 19.2 Å². The number of anilines is 2. The minimum absolute atomic E-state index is 0.150. The molecule has 0 spiro atoms. The summed E-state index contributed by atoms with van der Waals surface area (Å²) in [4.78, 5) is 62.7. The molecule has 0 N–H and O–H groups in total. The van der Waals surface area contributed by atoms with Crippen molar-refractivity contribution in [3.8, 4) is 12.1 Å². The molecule has 4 aromatic rings. The Hall–Kier alpha value is -8.12. The molecule has 4 amide bonds. The molecule has 18 heteroatoms. The van der Waals surface area contributed by atoms with Crippen LogP contribution < -0.4 is 9.80 Å². The normalized spacial score (nSPS) is 16.8. The molecule has 12 nitrogen and oxygen atoms in total. The Morgan fingerprint density at radius 1 is 0.631 bits per heavy atom. The lowest BCUT2D eigenvalue weighted by atomic mass is 9.91. The third-order valence-electron chi connectivity index (χ3n) is 10.5. The molecule has 0 radical (unpaired) electrons. The molecule has 4 aromatic carbocycles. The van der Waals surface area contributed by atoms with E-state index in [1.54, 1.807) is 0 Å². The van der Waals surface area contributed by atoms with E-state index in [1.165, 1.54) is 86.7 Å². The zero-order valence-corrected chi connectivity index (χ0v) is 34.5. The van der Waals surface area contributed by atoms with E-state index in [2.05, 4.69) is 13.2 Å². The fourth-order valence-electron chi connectivity index (χ4n) is 7.53. The number of esters is 2. The average Bonchev–Trinajstić information content (AvgIpc) is 3.28. The minimum Gasteiger partial charge on any atom is -0.458 e. The van der Waals surface area contributed by atoms with Crippen LogP contribution in [0.25, 0.3) is 0 Å². The summed E-state index contributed by atoms with van der Waals surface area (Å²) in [7, 11) is 0. The molecule has 0 bridgehead atoms. The number of alkyl halides is 6. The summed E-state index contributed by atoms with van der Waals surface area (Å²) >= 11 is 0. The number of allylic oxidation sites excluding steroid dienone is 2. The van der Waals surface area contributed by atoms with Gasteiger partial charge in [-0.05, 0) is 85.6 Å². The van der Waals surface area contributed by atoms with Crippen LogP contribution in [-0.2, 0) is 31.4 Å². The molecule has 0 aromatic heterocycles. The SMILES string of the molecule is C=CCOC(=O)C1=C(C)N(c2cccc(C(F)(F)F)c2)C(=O)N(CN2C(=O)N(c3cccc(C(F)(F)F)c3)C(C)=C(C(=O)OCC=C)[C@H]2c2ccc(C#N)cc2)[C@@H]1c1ccc(C#N)cc1. The largest absolute Gasteiger partial charge is 0.458 e. The summed E-state index contributed by atoms with van der Waals surface area (Å²) in [6.45, 7) is 8.09. The van der Waals surface area contributed by atoms with E-state index in [1.807, 2.05) is 12.1 Å². The van der Waals surface area contributed by atoms with E-state index in [0.29, 0.717) is 12.1 Å². The average molecular weight is 895 g/mol. The van der Waals surface area contributed by atoms with E-state index in [9.17, 15) is 46.5 Å². The van der Waals surface area contributed by atoms with Gasteiger partial charge in [0.05, 0.1) is 69.0 Å². The molecule has 6 rings (SSSR count).